The number of methoxy groups -OCH3 is 1. The molecule has 0 radical (unpaired) electrons. The molecule has 0 bridgehead atoms. The van der Waals surface area contributed by atoms with Crippen molar-refractivity contribution in [3.8, 4) is 11.5 Å². The Kier molecular flexibility index (Phi) is 6.65. The predicted octanol–water partition coefficient (Wildman–Crippen LogP) is 3.73. The first-order chi connectivity index (χ1) is 13.5. The fourth-order valence-electron chi connectivity index (χ4n) is 3.19. The number of hydrogen-bond donors (Lipinski definition) is 0. The number of rotatable bonds is 5. The van der Waals surface area contributed by atoms with Gasteiger partial charge in [0, 0.05) is 46.8 Å². The van der Waals surface area contributed by atoms with Crippen LogP contribution in [-0.4, -0.2) is 63.3 Å². The Morgan fingerprint density at radius 3 is 2.43 bits per heavy atom. The van der Waals surface area contributed by atoms with E-state index in [0.717, 1.165) is 49.0 Å². The Labute approximate surface area is 171 Å². The molecule has 0 aliphatic carbocycles. The normalized spacial score (nSPS) is 14.6. The number of amides is 1. The molecular formula is C21H26ClN3O3. The molecule has 0 aromatic heterocycles. The summed E-state index contributed by atoms with van der Waals surface area (Å²) in [5.41, 5.74) is 2.21. The maximum absolute atomic E-state index is 11.8. The number of anilines is 1. The van der Waals surface area contributed by atoms with Gasteiger partial charge in [0.05, 0.1) is 17.8 Å². The van der Waals surface area contributed by atoms with Gasteiger partial charge in [-0.25, -0.2) is 4.79 Å². The van der Waals surface area contributed by atoms with Crippen molar-refractivity contribution in [2.75, 3.05) is 52.3 Å². The van der Waals surface area contributed by atoms with Crippen LogP contribution < -0.4 is 14.4 Å². The number of piperazine rings is 1. The zero-order chi connectivity index (χ0) is 20.1. The van der Waals surface area contributed by atoms with Crippen LogP contribution in [0.25, 0.3) is 0 Å². The Morgan fingerprint density at radius 1 is 1.07 bits per heavy atom. The summed E-state index contributed by atoms with van der Waals surface area (Å²) >= 11 is 6.32. The van der Waals surface area contributed by atoms with Gasteiger partial charge in [0.15, 0.2) is 11.5 Å². The van der Waals surface area contributed by atoms with E-state index >= 15 is 0 Å². The minimum absolute atomic E-state index is 0.425. The van der Waals surface area contributed by atoms with Crippen molar-refractivity contribution in [1.82, 2.24) is 9.80 Å². The quantitative estimate of drug-likeness (QED) is 0.761. The van der Waals surface area contributed by atoms with Gasteiger partial charge in [-0.1, -0.05) is 29.8 Å². The minimum atomic E-state index is -0.429. The first-order valence-electron chi connectivity index (χ1n) is 9.26. The van der Waals surface area contributed by atoms with Crippen LogP contribution in [-0.2, 0) is 6.54 Å². The van der Waals surface area contributed by atoms with Gasteiger partial charge in [0.2, 0.25) is 0 Å². The van der Waals surface area contributed by atoms with Gasteiger partial charge in [0.25, 0.3) is 0 Å². The lowest BCUT2D eigenvalue weighted by Gasteiger charge is -2.36. The Bertz CT molecular complexity index is 820. The largest absolute Gasteiger partial charge is 0.493 e. The highest BCUT2D eigenvalue weighted by molar-refractivity contribution is 6.33. The van der Waals surface area contributed by atoms with Crippen LogP contribution in [0.5, 0.6) is 11.5 Å². The van der Waals surface area contributed by atoms with Crippen LogP contribution in [0.3, 0.4) is 0 Å². The standard InChI is InChI=1S/C21H26ClN3O3/c1-23(2)21(26)28-19-9-8-16(14-20(19)27-3)15-24-10-12-25(13-11-24)18-7-5-4-6-17(18)22/h4-9,14H,10-13,15H2,1-3H3. The molecule has 1 saturated heterocycles. The van der Waals surface area contributed by atoms with Crippen molar-refractivity contribution in [1.29, 1.82) is 0 Å². The molecule has 7 heteroatoms. The lowest BCUT2D eigenvalue weighted by Crippen LogP contribution is -2.46. The molecule has 0 atom stereocenters. The number of carbonyl (C=O) groups excluding carboxylic acids is 1. The average Bonchev–Trinajstić information content (AvgIpc) is 2.70. The molecule has 0 N–H and O–H groups in total. The van der Waals surface area contributed by atoms with Crippen LogP contribution in [0.2, 0.25) is 5.02 Å². The third kappa shape index (κ3) is 4.88. The third-order valence-electron chi connectivity index (χ3n) is 4.76. The summed E-state index contributed by atoms with van der Waals surface area (Å²) in [7, 11) is 4.87. The Morgan fingerprint density at radius 2 is 1.79 bits per heavy atom. The molecule has 1 amide bonds. The molecule has 6 nitrogen and oxygen atoms in total. The molecule has 0 saturated carbocycles. The number of ether oxygens (including phenoxy) is 2. The number of para-hydroxylation sites is 1. The predicted molar refractivity (Wildman–Crippen MR) is 112 cm³/mol. The first-order valence-corrected chi connectivity index (χ1v) is 9.63. The van der Waals surface area contributed by atoms with Crippen molar-refractivity contribution >= 4 is 23.4 Å². The maximum atomic E-state index is 11.8. The fourth-order valence-corrected chi connectivity index (χ4v) is 3.45. The summed E-state index contributed by atoms with van der Waals surface area (Å²) in [5.74, 6) is 0.982. The second-order valence-electron chi connectivity index (χ2n) is 6.96. The Hall–Kier alpha value is -2.44. The zero-order valence-electron chi connectivity index (χ0n) is 16.5. The SMILES string of the molecule is COc1cc(CN2CCN(c3ccccc3Cl)CC2)ccc1OC(=O)N(C)C. The smallest absolute Gasteiger partial charge is 0.414 e. The van der Waals surface area contributed by atoms with Gasteiger partial charge in [-0.05, 0) is 29.8 Å². The monoisotopic (exact) mass is 403 g/mol. The lowest BCUT2D eigenvalue weighted by atomic mass is 10.1. The highest BCUT2D eigenvalue weighted by atomic mass is 35.5. The fraction of sp³-hybridized carbons (Fsp3) is 0.381. The second kappa shape index (κ2) is 9.17. The molecule has 3 rings (SSSR count). The number of hydrogen-bond acceptors (Lipinski definition) is 5. The molecule has 0 unspecified atom stereocenters. The topological polar surface area (TPSA) is 45.3 Å². The average molecular weight is 404 g/mol. The van der Waals surface area contributed by atoms with E-state index in [0.29, 0.717) is 11.5 Å². The van der Waals surface area contributed by atoms with E-state index < -0.39 is 6.09 Å². The molecule has 150 valence electrons. The molecule has 2 aromatic carbocycles. The molecule has 1 fully saturated rings. The number of nitrogens with zero attached hydrogens (tertiary/aromatic N) is 3. The summed E-state index contributed by atoms with van der Waals surface area (Å²) in [6.07, 6.45) is -0.429. The van der Waals surface area contributed by atoms with E-state index in [9.17, 15) is 4.79 Å². The van der Waals surface area contributed by atoms with Crippen molar-refractivity contribution in [3.05, 3.63) is 53.1 Å². The molecule has 28 heavy (non-hydrogen) atoms. The molecule has 1 aliphatic heterocycles. The van der Waals surface area contributed by atoms with E-state index in [2.05, 4.69) is 15.9 Å². The molecule has 2 aromatic rings. The zero-order valence-corrected chi connectivity index (χ0v) is 17.3. The van der Waals surface area contributed by atoms with Crippen molar-refractivity contribution in [3.63, 3.8) is 0 Å². The number of carbonyl (C=O) groups is 1. The first kappa shape index (κ1) is 20.3. The molecule has 1 aliphatic rings. The van der Waals surface area contributed by atoms with Gasteiger partial charge in [-0.3, -0.25) is 4.90 Å². The van der Waals surface area contributed by atoms with Gasteiger partial charge in [0.1, 0.15) is 0 Å². The summed E-state index contributed by atoms with van der Waals surface area (Å²) in [6, 6.07) is 13.7. The van der Waals surface area contributed by atoms with Crippen LogP contribution in [0.15, 0.2) is 42.5 Å². The van der Waals surface area contributed by atoms with Crippen LogP contribution in [0, 0.1) is 0 Å². The van der Waals surface area contributed by atoms with E-state index in [1.165, 1.54) is 4.90 Å². The van der Waals surface area contributed by atoms with E-state index in [1.807, 2.05) is 30.3 Å². The Balaban J connectivity index is 1.60. The number of benzene rings is 2. The maximum Gasteiger partial charge on any atom is 0.414 e. The molecule has 1 heterocycles. The third-order valence-corrected chi connectivity index (χ3v) is 5.08. The lowest BCUT2D eigenvalue weighted by molar-refractivity contribution is 0.170. The summed E-state index contributed by atoms with van der Waals surface area (Å²) in [4.78, 5) is 17.9. The van der Waals surface area contributed by atoms with E-state index in [-0.39, 0.29) is 0 Å². The van der Waals surface area contributed by atoms with Gasteiger partial charge < -0.3 is 19.3 Å². The minimum Gasteiger partial charge on any atom is -0.493 e. The van der Waals surface area contributed by atoms with Gasteiger partial charge in [-0.2, -0.15) is 0 Å². The molecule has 0 spiro atoms. The van der Waals surface area contributed by atoms with E-state index in [4.69, 9.17) is 21.1 Å². The van der Waals surface area contributed by atoms with Gasteiger partial charge >= 0.3 is 6.09 Å². The van der Waals surface area contributed by atoms with Crippen LogP contribution in [0.1, 0.15) is 5.56 Å². The van der Waals surface area contributed by atoms with Gasteiger partial charge in [-0.15, -0.1) is 0 Å². The second-order valence-corrected chi connectivity index (χ2v) is 7.37. The number of halogens is 1. The van der Waals surface area contributed by atoms with Crippen LogP contribution >= 0.6 is 11.6 Å². The molecular weight excluding hydrogens is 378 g/mol. The van der Waals surface area contributed by atoms with Crippen molar-refractivity contribution < 1.29 is 14.3 Å². The summed E-state index contributed by atoms with van der Waals surface area (Å²) < 4.78 is 10.8. The van der Waals surface area contributed by atoms with Crippen molar-refractivity contribution in [2.24, 2.45) is 0 Å². The summed E-state index contributed by atoms with van der Waals surface area (Å²) in [6.45, 7) is 4.57. The highest BCUT2D eigenvalue weighted by Crippen LogP contribution is 2.30. The van der Waals surface area contributed by atoms with Crippen LogP contribution in [0.4, 0.5) is 10.5 Å². The summed E-state index contributed by atoms with van der Waals surface area (Å²) in [5, 5.41) is 0.795. The van der Waals surface area contributed by atoms with Crippen molar-refractivity contribution in [2.45, 2.75) is 6.54 Å². The highest BCUT2D eigenvalue weighted by Gasteiger charge is 2.19. The van der Waals surface area contributed by atoms with E-state index in [1.54, 1.807) is 27.3 Å².